The summed E-state index contributed by atoms with van der Waals surface area (Å²) in [6, 6.07) is 0. The van der Waals surface area contributed by atoms with Crippen LogP contribution in [0.5, 0.6) is 0 Å². The Labute approximate surface area is 80.8 Å². The fraction of sp³-hybridized carbons (Fsp3) is 0.364. The number of aliphatic imine (C=N–C) groups is 1. The fourth-order valence-corrected chi connectivity index (χ4v) is 0.961. The Morgan fingerprint density at radius 2 is 1.85 bits per heavy atom. The van der Waals surface area contributed by atoms with Gasteiger partial charge >= 0.3 is 0 Å². The summed E-state index contributed by atoms with van der Waals surface area (Å²) in [6.45, 7) is 10.0. The summed E-state index contributed by atoms with van der Waals surface area (Å²) in [4.78, 5) is 3.80. The first-order valence-corrected chi connectivity index (χ1v) is 4.25. The highest BCUT2D eigenvalue weighted by Gasteiger charge is 1.86. The Bertz CT molecular complexity index is 253. The topological polar surface area (TPSA) is 24.4 Å². The highest BCUT2D eigenvalue weighted by molar-refractivity contribution is 5.58. The lowest BCUT2D eigenvalue weighted by Crippen LogP contribution is -2.07. The summed E-state index contributed by atoms with van der Waals surface area (Å²) in [6.07, 6.45) is 5.71. The van der Waals surface area contributed by atoms with Gasteiger partial charge < -0.3 is 5.32 Å². The zero-order valence-corrected chi connectivity index (χ0v) is 8.89. The SMILES string of the molecule is C=C(/C=C(/C)C=C(C)C)NC=NC. The molecule has 0 saturated carbocycles. The molecule has 0 aromatic carbocycles. The molecule has 0 unspecified atom stereocenters. The first-order valence-electron chi connectivity index (χ1n) is 4.25. The molecule has 0 heterocycles. The van der Waals surface area contributed by atoms with E-state index in [2.05, 4.69) is 36.8 Å². The number of rotatable bonds is 4. The largest absolute Gasteiger partial charge is 0.347 e. The molecule has 0 bridgehead atoms. The third-order valence-electron chi connectivity index (χ3n) is 1.30. The molecule has 0 aliphatic heterocycles. The van der Waals surface area contributed by atoms with E-state index in [4.69, 9.17) is 0 Å². The maximum atomic E-state index is 3.83. The molecule has 0 atom stereocenters. The van der Waals surface area contributed by atoms with Crippen molar-refractivity contribution in [1.82, 2.24) is 5.32 Å². The molecule has 72 valence electrons. The lowest BCUT2D eigenvalue weighted by Gasteiger charge is -1.99. The Balaban J connectivity index is 4.22. The second-order valence-electron chi connectivity index (χ2n) is 3.17. The van der Waals surface area contributed by atoms with E-state index in [0.717, 1.165) is 5.70 Å². The molecule has 0 aromatic heterocycles. The van der Waals surface area contributed by atoms with Crippen LogP contribution in [0.25, 0.3) is 0 Å². The first kappa shape index (κ1) is 11.7. The Morgan fingerprint density at radius 3 is 2.31 bits per heavy atom. The van der Waals surface area contributed by atoms with Crippen molar-refractivity contribution in [2.24, 2.45) is 4.99 Å². The van der Waals surface area contributed by atoms with Crippen LogP contribution in [0.2, 0.25) is 0 Å². The molecular formula is C11H18N2. The molecule has 0 amide bonds. The van der Waals surface area contributed by atoms with Gasteiger partial charge in [-0.05, 0) is 32.4 Å². The predicted octanol–water partition coefficient (Wildman–Crippen LogP) is 2.66. The van der Waals surface area contributed by atoms with Crippen molar-refractivity contribution in [2.75, 3.05) is 7.05 Å². The number of allylic oxidation sites excluding steroid dienone is 4. The number of nitrogens with one attached hydrogen (secondary N) is 1. The lowest BCUT2D eigenvalue weighted by molar-refractivity contribution is 1.19. The molecule has 0 spiro atoms. The van der Waals surface area contributed by atoms with E-state index in [-0.39, 0.29) is 0 Å². The van der Waals surface area contributed by atoms with E-state index in [9.17, 15) is 0 Å². The van der Waals surface area contributed by atoms with Crippen LogP contribution < -0.4 is 5.32 Å². The number of nitrogens with zero attached hydrogens (tertiary/aromatic N) is 1. The normalized spacial score (nSPS) is 11.5. The average molecular weight is 178 g/mol. The standard InChI is InChI=1S/C11H18N2/c1-9(2)6-10(3)7-11(4)13-8-12-5/h6-8H,4H2,1-3,5H3,(H,12,13)/b10-7-. The van der Waals surface area contributed by atoms with Crippen molar-refractivity contribution in [3.05, 3.63) is 35.6 Å². The molecule has 0 radical (unpaired) electrons. The quantitative estimate of drug-likeness (QED) is 0.399. The van der Waals surface area contributed by atoms with Crippen molar-refractivity contribution >= 4 is 6.34 Å². The van der Waals surface area contributed by atoms with Gasteiger partial charge in [-0.3, -0.25) is 4.99 Å². The van der Waals surface area contributed by atoms with Crippen molar-refractivity contribution in [2.45, 2.75) is 20.8 Å². The van der Waals surface area contributed by atoms with Gasteiger partial charge in [-0.25, -0.2) is 0 Å². The smallest absolute Gasteiger partial charge is 0.0864 e. The molecule has 0 rings (SSSR count). The van der Waals surface area contributed by atoms with Crippen molar-refractivity contribution in [1.29, 1.82) is 0 Å². The van der Waals surface area contributed by atoms with Gasteiger partial charge in [0.15, 0.2) is 0 Å². The van der Waals surface area contributed by atoms with Gasteiger partial charge in [-0.15, -0.1) is 0 Å². The zero-order chi connectivity index (χ0) is 10.3. The monoisotopic (exact) mass is 178 g/mol. The van der Waals surface area contributed by atoms with Crippen LogP contribution in [0.1, 0.15) is 20.8 Å². The van der Waals surface area contributed by atoms with E-state index in [0.29, 0.717) is 0 Å². The molecule has 2 heteroatoms. The summed E-state index contributed by atoms with van der Waals surface area (Å²) in [5.41, 5.74) is 3.31. The van der Waals surface area contributed by atoms with Crippen molar-refractivity contribution in [3.63, 3.8) is 0 Å². The van der Waals surface area contributed by atoms with Gasteiger partial charge in [-0.1, -0.05) is 18.2 Å². The fourth-order valence-electron chi connectivity index (χ4n) is 0.961. The Kier molecular flexibility index (Phi) is 5.60. The zero-order valence-electron chi connectivity index (χ0n) is 8.89. The molecule has 1 N–H and O–H groups in total. The molecule has 2 nitrogen and oxygen atoms in total. The molecule has 0 fully saturated rings. The molecule has 0 aliphatic carbocycles. The van der Waals surface area contributed by atoms with E-state index >= 15 is 0 Å². The summed E-state index contributed by atoms with van der Waals surface area (Å²) < 4.78 is 0. The second kappa shape index (κ2) is 6.23. The van der Waals surface area contributed by atoms with Crippen LogP contribution in [-0.4, -0.2) is 13.4 Å². The number of hydrogen-bond donors (Lipinski definition) is 1. The van der Waals surface area contributed by atoms with Crippen LogP contribution in [0.15, 0.2) is 40.6 Å². The summed E-state index contributed by atoms with van der Waals surface area (Å²) >= 11 is 0. The first-order chi connectivity index (χ1) is 6.06. The minimum Gasteiger partial charge on any atom is -0.347 e. The van der Waals surface area contributed by atoms with Gasteiger partial charge in [0.25, 0.3) is 0 Å². The minimum atomic E-state index is 0.848. The summed E-state index contributed by atoms with van der Waals surface area (Å²) in [5.74, 6) is 0. The van der Waals surface area contributed by atoms with E-state index in [1.165, 1.54) is 11.1 Å². The lowest BCUT2D eigenvalue weighted by atomic mass is 10.2. The van der Waals surface area contributed by atoms with Crippen LogP contribution in [-0.2, 0) is 0 Å². The van der Waals surface area contributed by atoms with E-state index in [1.807, 2.05) is 13.0 Å². The van der Waals surface area contributed by atoms with E-state index in [1.54, 1.807) is 13.4 Å². The van der Waals surface area contributed by atoms with Gasteiger partial charge in [0.1, 0.15) is 0 Å². The molecule has 0 aromatic rings. The molecule has 13 heavy (non-hydrogen) atoms. The highest BCUT2D eigenvalue weighted by Crippen LogP contribution is 2.02. The number of hydrogen-bond acceptors (Lipinski definition) is 1. The second-order valence-corrected chi connectivity index (χ2v) is 3.17. The maximum absolute atomic E-state index is 3.83. The van der Waals surface area contributed by atoms with Crippen LogP contribution >= 0.6 is 0 Å². The van der Waals surface area contributed by atoms with Gasteiger partial charge in [0.2, 0.25) is 0 Å². The summed E-state index contributed by atoms with van der Waals surface area (Å²) in [7, 11) is 1.72. The highest BCUT2D eigenvalue weighted by atomic mass is 14.9. The minimum absolute atomic E-state index is 0.848. The third-order valence-corrected chi connectivity index (χ3v) is 1.30. The van der Waals surface area contributed by atoms with Gasteiger partial charge in [0, 0.05) is 12.7 Å². The Hall–Kier alpha value is -1.31. The van der Waals surface area contributed by atoms with Gasteiger partial charge in [0.05, 0.1) is 6.34 Å². The van der Waals surface area contributed by atoms with Crippen LogP contribution in [0.3, 0.4) is 0 Å². The van der Waals surface area contributed by atoms with Crippen LogP contribution in [0, 0.1) is 0 Å². The van der Waals surface area contributed by atoms with Crippen molar-refractivity contribution < 1.29 is 0 Å². The van der Waals surface area contributed by atoms with Crippen LogP contribution in [0.4, 0.5) is 0 Å². The molecular weight excluding hydrogens is 160 g/mol. The predicted molar refractivity (Wildman–Crippen MR) is 59.9 cm³/mol. The van der Waals surface area contributed by atoms with E-state index < -0.39 is 0 Å². The summed E-state index contributed by atoms with van der Waals surface area (Å²) in [5, 5.41) is 2.94. The molecule has 0 saturated heterocycles. The molecule has 0 aliphatic rings. The maximum Gasteiger partial charge on any atom is 0.0864 e. The van der Waals surface area contributed by atoms with Crippen molar-refractivity contribution in [3.8, 4) is 0 Å². The Morgan fingerprint density at radius 1 is 1.23 bits per heavy atom. The van der Waals surface area contributed by atoms with Gasteiger partial charge in [-0.2, -0.15) is 0 Å². The third kappa shape index (κ3) is 7.06. The average Bonchev–Trinajstić information content (AvgIpc) is 1.98.